The number of nitriles is 1. The highest BCUT2D eigenvalue weighted by atomic mass is 19.1. The summed E-state index contributed by atoms with van der Waals surface area (Å²) < 4.78 is 18.9. The van der Waals surface area contributed by atoms with Crippen LogP contribution in [0.4, 0.5) is 4.39 Å². The molecule has 0 amide bonds. The number of aliphatic imine (C=N–C) groups is 1. The first kappa shape index (κ1) is 20.8. The van der Waals surface area contributed by atoms with Crippen LogP contribution >= 0.6 is 0 Å². The number of ether oxygens (including phenoxy) is 1. The number of nitrogens with one attached hydrogen (secondary N) is 2. The first-order valence-electron chi connectivity index (χ1n) is 9.70. The number of hydrogen-bond donors (Lipinski definition) is 2. The van der Waals surface area contributed by atoms with Crippen LogP contribution in [0.3, 0.4) is 0 Å². The zero-order valence-electron chi connectivity index (χ0n) is 16.6. The maximum absolute atomic E-state index is 13.4. The average Bonchev–Trinajstić information content (AvgIpc) is 2.78. The molecule has 2 aromatic carbocycles. The van der Waals surface area contributed by atoms with Gasteiger partial charge in [0, 0.05) is 33.2 Å². The van der Waals surface area contributed by atoms with Crippen molar-refractivity contribution in [3.63, 3.8) is 0 Å². The summed E-state index contributed by atoms with van der Waals surface area (Å²) in [5.74, 6) is 0.437. The summed E-state index contributed by atoms with van der Waals surface area (Å²) in [6.45, 7) is 4.24. The number of nitrogens with zero attached hydrogens (tertiary/aromatic N) is 3. The normalized spacial score (nSPS) is 16.1. The molecule has 29 heavy (non-hydrogen) atoms. The number of morpholine rings is 1. The van der Waals surface area contributed by atoms with E-state index in [0.717, 1.165) is 24.2 Å². The van der Waals surface area contributed by atoms with Crippen LogP contribution in [-0.2, 0) is 11.3 Å². The van der Waals surface area contributed by atoms with Gasteiger partial charge in [0.1, 0.15) is 5.82 Å². The van der Waals surface area contributed by atoms with Crippen molar-refractivity contribution in [3.05, 3.63) is 71.0 Å². The van der Waals surface area contributed by atoms with E-state index >= 15 is 0 Å². The Labute approximate surface area is 171 Å². The number of rotatable bonds is 6. The van der Waals surface area contributed by atoms with E-state index in [1.807, 2.05) is 30.3 Å². The summed E-state index contributed by atoms with van der Waals surface area (Å²) in [5, 5.41) is 15.7. The number of benzene rings is 2. The Morgan fingerprint density at radius 1 is 1.21 bits per heavy atom. The molecule has 0 bridgehead atoms. The van der Waals surface area contributed by atoms with E-state index in [0.29, 0.717) is 37.8 Å². The van der Waals surface area contributed by atoms with E-state index in [4.69, 9.17) is 10.00 Å². The van der Waals surface area contributed by atoms with Crippen LogP contribution in [0.2, 0.25) is 0 Å². The molecule has 0 spiro atoms. The Balaban J connectivity index is 1.63. The van der Waals surface area contributed by atoms with E-state index < -0.39 is 0 Å². The lowest BCUT2D eigenvalue weighted by atomic mass is 10.0. The number of guanidine groups is 1. The molecule has 1 atom stereocenters. The molecule has 0 radical (unpaired) electrons. The lowest BCUT2D eigenvalue weighted by Crippen LogP contribution is -2.46. The zero-order valence-corrected chi connectivity index (χ0v) is 16.6. The van der Waals surface area contributed by atoms with Crippen LogP contribution in [-0.4, -0.2) is 50.8 Å². The van der Waals surface area contributed by atoms with Gasteiger partial charge in [0.15, 0.2) is 5.96 Å². The summed E-state index contributed by atoms with van der Waals surface area (Å²) in [7, 11) is 1.72. The molecule has 152 valence electrons. The quantitative estimate of drug-likeness (QED) is 0.581. The fourth-order valence-electron chi connectivity index (χ4n) is 3.38. The van der Waals surface area contributed by atoms with Crippen molar-refractivity contribution in [3.8, 4) is 6.07 Å². The van der Waals surface area contributed by atoms with E-state index in [2.05, 4.69) is 26.6 Å². The van der Waals surface area contributed by atoms with E-state index in [1.54, 1.807) is 13.1 Å². The van der Waals surface area contributed by atoms with E-state index in [9.17, 15) is 4.39 Å². The maximum atomic E-state index is 13.4. The van der Waals surface area contributed by atoms with Crippen LogP contribution in [0.5, 0.6) is 0 Å². The number of halogens is 1. The standard InChI is InChI=1S/C22H26FN5O/c1-25-22(26-15-18-4-2-3-17(13-18)14-24)27-16-21(28-9-11-29-12-10-28)19-5-7-20(23)8-6-19/h2-8,13,21H,9-12,15-16H2,1H3,(H2,25,26,27). The van der Waals surface area contributed by atoms with Gasteiger partial charge in [-0.15, -0.1) is 0 Å². The molecule has 0 aliphatic carbocycles. The van der Waals surface area contributed by atoms with Gasteiger partial charge >= 0.3 is 0 Å². The van der Waals surface area contributed by atoms with Crippen LogP contribution < -0.4 is 10.6 Å². The fraction of sp³-hybridized carbons (Fsp3) is 0.364. The van der Waals surface area contributed by atoms with Gasteiger partial charge in [0.25, 0.3) is 0 Å². The predicted molar refractivity (Wildman–Crippen MR) is 111 cm³/mol. The zero-order chi connectivity index (χ0) is 20.5. The second kappa shape index (κ2) is 10.6. The fourth-order valence-corrected chi connectivity index (χ4v) is 3.38. The SMILES string of the molecule is CN=C(NCc1cccc(C#N)c1)NCC(c1ccc(F)cc1)N1CCOCC1. The molecule has 1 fully saturated rings. The lowest BCUT2D eigenvalue weighted by molar-refractivity contribution is 0.0170. The van der Waals surface area contributed by atoms with Crippen molar-refractivity contribution in [2.45, 2.75) is 12.6 Å². The van der Waals surface area contributed by atoms with Crippen molar-refractivity contribution in [1.82, 2.24) is 15.5 Å². The van der Waals surface area contributed by atoms with Crippen LogP contribution in [0.25, 0.3) is 0 Å². The molecule has 1 aliphatic heterocycles. The van der Waals surface area contributed by atoms with Crippen molar-refractivity contribution < 1.29 is 9.13 Å². The maximum Gasteiger partial charge on any atom is 0.191 e. The minimum atomic E-state index is -0.237. The molecule has 1 saturated heterocycles. The second-order valence-electron chi connectivity index (χ2n) is 6.83. The van der Waals surface area contributed by atoms with Gasteiger partial charge in [-0.3, -0.25) is 9.89 Å². The molecule has 3 rings (SSSR count). The highest BCUT2D eigenvalue weighted by molar-refractivity contribution is 5.79. The third kappa shape index (κ3) is 6.01. The smallest absolute Gasteiger partial charge is 0.191 e. The van der Waals surface area contributed by atoms with Gasteiger partial charge in [-0.05, 0) is 35.4 Å². The van der Waals surface area contributed by atoms with Crippen molar-refractivity contribution >= 4 is 5.96 Å². The van der Waals surface area contributed by atoms with Gasteiger partial charge in [0.05, 0.1) is 30.9 Å². The molecule has 6 nitrogen and oxygen atoms in total. The van der Waals surface area contributed by atoms with Gasteiger partial charge in [-0.2, -0.15) is 5.26 Å². The summed E-state index contributed by atoms with van der Waals surface area (Å²) in [6.07, 6.45) is 0. The highest BCUT2D eigenvalue weighted by Gasteiger charge is 2.23. The van der Waals surface area contributed by atoms with Crippen molar-refractivity contribution in [2.75, 3.05) is 39.9 Å². The topological polar surface area (TPSA) is 72.7 Å². The molecule has 1 heterocycles. The predicted octanol–water partition coefficient (Wildman–Crippen LogP) is 2.44. The monoisotopic (exact) mass is 395 g/mol. The van der Waals surface area contributed by atoms with Gasteiger partial charge in [-0.25, -0.2) is 4.39 Å². The van der Waals surface area contributed by atoms with Gasteiger partial charge in [-0.1, -0.05) is 24.3 Å². The molecule has 0 saturated carbocycles. The first-order chi connectivity index (χ1) is 14.2. The minimum absolute atomic E-state index is 0.0833. The lowest BCUT2D eigenvalue weighted by Gasteiger charge is -2.35. The Morgan fingerprint density at radius 3 is 2.66 bits per heavy atom. The molecule has 1 unspecified atom stereocenters. The average molecular weight is 395 g/mol. The minimum Gasteiger partial charge on any atom is -0.379 e. The van der Waals surface area contributed by atoms with E-state index in [-0.39, 0.29) is 11.9 Å². The molecule has 7 heteroatoms. The second-order valence-corrected chi connectivity index (χ2v) is 6.83. The van der Waals surface area contributed by atoms with Crippen molar-refractivity contribution in [1.29, 1.82) is 5.26 Å². The molecular formula is C22H26FN5O. The highest BCUT2D eigenvalue weighted by Crippen LogP contribution is 2.21. The third-order valence-corrected chi connectivity index (χ3v) is 4.94. The summed E-state index contributed by atoms with van der Waals surface area (Å²) >= 11 is 0. The first-order valence-corrected chi connectivity index (χ1v) is 9.70. The van der Waals surface area contributed by atoms with E-state index in [1.165, 1.54) is 12.1 Å². The molecule has 2 N–H and O–H groups in total. The molecule has 2 aromatic rings. The van der Waals surface area contributed by atoms with Gasteiger partial charge in [0.2, 0.25) is 0 Å². The Kier molecular flexibility index (Phi) is 7.56. The summed E-state index contributed by atoms with van der Waals surface area (Å²) in [4.78, 5) is 6.64. The number of hydrogen-bond acceptors (Lipinski definition) is 4. The molecule has 1 aliphatic rings. The van der Waals surface area contributed by atoms with Crippen LogP contribution in [0.1, 0.15) is 22.7 Å². The summed E-state index contributed by atoms with van der Waals surface area (Å²) in [5.41, 5.74) is 2.70. The largest absolute Gasteiger partial charge is 0.379 e. The van der Waals surface area contributed by atoms with Crippen LogP contribution in [0.15, 0.2) is 53.5 Å². The molecular weight excluding hydrogens is 369 g/mol. The van der Waals surface area contributed by atoms with Gasteiger partial charge < -0.3 is 15.4 Å². The molecule has 0 aromatic heterocycles. The third-order valence-electron chi connectivity index (χ3n) is 4.94. The summed E-state index contributed by atoms with van der Waals surface area (Å²) in [6, 6.07) is 16.4. The van der Waals surface area contributed by atoms with Crippen LogP contribution in [0, 0.1) is 17.1 Å². The van der Waals surface area contributed by atoms with Crippen molar-refractivity contribution in [2.24, 2.45) is 4.99 Å². The Morgan fingerprint density at radius 2 is 1.97 bits per heavy atom. The Bertz CT molecular complexity index is 856. The Hall–Kier alpha value is -2.95.